The van der Waals surface area contributed by atoms with E-state index in [0.29, 0.717) is 16.8 Å². The Morgan fingerprint density at radius 2 is 2.29 bits per heavy atom. The lowest BCUT2D eigenvalue weighted by atomic mass is 10.1. The maximum atomic E-state index is 13.1. The van der Waals surface area contributed by atoms with Gasteiger partial charge in [-0.1, -0.05) is 18.6 Å². The highest BCUT2D eigenvalue weighted by Crippen LogP contribution is 2.26. The van der Waals surface area contributed by atoms with E-state index in [1.165, 1.54) is 6.42 Å². The van der Waals surface area contributed by atoms with Gasteiger partial charge in [0.05, 0.1) is 18.2 Å². The molecule has 1 fully saturated rings. The van der Waals surface area contributed by atoms with E-state index in [-0.39, 0.29) is 11.9 Å². The minimum atomic E-state index is -0.0219. The number of nitrogens with zero attached hydrogens (tertiary/aromatic N) is 4. The normalized spacial score (nSPS) is 19.2. The minimum Gasteiger partial charge on any atom is -0.496 e. The SMILES string of the molecule is CCN1CCCC[C@@H](N(C)C(=O)c2cc3[nH]nnc3cc2OC)C1. The van der Waals surface area contributed by atoms with Gasteiger partial charge in [0.2, 0.25) is 0 Å². The molecule has 1 N–H and O–H groups in total. The number of ether oxygens (including phenoxy) is 1. The number of hydrogen-bond acceptors (Lipinski definition) is 5. The van der Waals surface area contributed by atoms with Crippen molar-refractivity contribution >= 4 is 16.9 Å². The predicted molar refractivity (Wildman–Crippen MR) is 92.3 cm³/mol. The van der Waals surface area contributed by atoms with Crippen LogP contribution in [0, 0.1) is 0 Å². The monoisotopic (exact) mass is 331 g/mol. The van der Waals surface area contributed by atoms with Gasteiger partial charge in [-0.2, -0.15) is 0 Å². The third-order valence-corrected chi connectivity index (χ3v) is 4.92. The summed E-state index contributed by atoms with van der Waals surface area (Å²) in [5.74, 6) is 0.514. The van der Waals surface area contributed by atoms with Gasteiger partial charge in [0.1, 0.15) is 11.3 Å². The van der Waals surface area contributed by atoms with Crippen molar-refractivity contribution in [3.63, 3.8) is 0 Å². The number of fused-ring (bicyclic) bond motifs is 1. The number of aromatic nitrogens is 3. The number of rotatable bonds is 4. The second-order valence-electron chi connectivity index (χ2n) is 6.34. The van der Waals surface area contributed by atoms with Crippen LogP contribution in [0.5, 0.6) is 5.75 Å². The summed E-state index contributed by atoms with van der Waals surface area (Å²) in [7, 11) is 3.46. The lowest BCUT2D eigenvalue weighted by molar-refractivity contribution is 0.0692. The summed E-state index contributed by atoms with van der Waals surface area (Å²) in [5, 5.41) is 10.6. The van der Waals surface area contributed by atoms with E-state index in [1.807, 2.05) is 11.9 Å². The van der Waals surface area contributed by atoms with E-state index in [9.17, 15) is 4.79 Å². The fourth-order valence-corrected chi connectivity index (χ4v) is 3.37. The second-order valence-corrected chi connectivity index (χ2v) is 6.34. The zero-order valence-electron chi connectivity index (χ0n) is 14.6. The molecule has 1 amide bonds. The molecule has 1 saturated heterocycles. The summed E-state index contributed by atoms with van der Waals surface area (Å²) in [6.07, 6.45) is 3.38. The number of likely N-dealkylation sites (N-methyl/N-ethyl adjacent to an activating group) is 2. The zero-order valence-corrected chi connectivity index (χ0v) is 14.6. The molecule has 0 bridgehead atoms. The molecule has 1 aliphatic rings. The van der Waals surface area contributed by atoms with Gasteiger partial charge in [0.15, 0.2) is 0 Å². The van der Waals surface area contributed by atoms with Gasteiger partial charge in [-0.15, -0.1) is 5.10 Å². The molecule has 0 aliphatic carbocycles. The first kappa shape index (κ1) is 16.7. The summed E-state index contributed by atoms with van der Waals surface area (Å²) < 4.78 is 5.41. The standard InChI is InChI=1S/C17H25N5O2/c1-4-22-8-6-5-7-12(11-22)21(2)17(23)13-9-14-15(19-20-18-14)10-16(13)24-3/h9-10,12H,4-8,11H2,1-3H3,(H,18,19,20)/t12-/m1/s1. The Kier molecular flexibility index (Phi) is 4.99. The van der Waals surface area contributed by atoms with Crippen LogP contribution in [0.1, 0.15) is 36.5 Å². The van der Waals surface area contributed by atoms with Crippen molar-refractivity contribution < 1.29 is 9.53 Å². The van der Waals surface area contributed by atoms with Crippen LogP contribution in [0.2, 0.25) is 0 Å². The Morgan fingerprint density at radius 3 is 3.04 bits per heavy atom. The molecule has 3 rings (SSSR count). The number of hydrogen-bond donors (Lipinski definition) is 1. The molecule has 0 saturated carbocycles. The Labute approximate surface area is 142 Å². The molecule has 1 aliphatic heterocycles. The lowest BCUT2D eigenvalue weighted by Gasteiger charge is -2.31. The lowest BCUT2D eigenvalue weighted by Crippen LogP contribution is -2.43. The Balaban J connectivity index is 1.86. The van der Waals surface area contributed by atoms with Gasteiger partial charge in [-0.25, -0.2) is 0 Å². The third-order valence-electron chi connectivity index (χ3n) is 4.92. The fourth-order valence-electron chi connectivity index (χ4n) is 3.37. The molecular formula is C17H25N5O2. The van der Waals surface area contributed by atoms with Gasteiger partial charge < -0.3 is 14.5 Å². The number of methoxy groups -OCH3 is 1. The second kappa shape index (κ2) is 7.17. The highest BCUT2D eigenvalue weighted by molar-refractivity contribution is 6.00. The molecule has 7 heteroatoms. The molecule has 7 nitrogen and oxygen atoms in total. The quantitative estimate of drug-likeness (QED) is 0.926. The molecule has 2 heterocycles. The fraction of sp³-hybridized carbons (Fsp3) is 0.588. The van der Waals surface area contributed by atoms with Gasteiger partial charge in [-0.05, 0) is 32.0 Å². The molecule has 1 aromatic heterocycles. The number of amides is 1. The van der Waals surface area contributed by atoms with E-state index in [0.717, 1.165) is 38.0 Å². The Morgan fingerprint density at radius 1 is 1.46 bits per heavy atom. The van der Waals surface area contributed by atoms with Crippen molar-refractivity contribution in [2.24, 2.45) is 0 Å². The maximum Gasteiger partial charge on any atom is 0.257 e. The first-order valence-corrected chi connectivity index (χ1v) is 8.52. The van der Waals surface area contributed by atoms with Crippen LogP contribution in [0.3, 0.4) is 0 Å². The van der Waals surface area contributed by atoms with E-state index in [2.05, 4.69) is 27.2 Å². The molecular weight excluding hydrogens is 306 g/mol. The van der Waals surface area contributed by atoms with E-state index in [1.54, 1.807) is 19.2 Å². The first-order valence-electron chi connectivity index (χ1n) is 8.52. The van der Waals surface area contributed by atoms with E-state index < -0.39 is 0 Å². The van der Waals surface area contributed by atoms with Crippen molar-refractivity contribution in [1.82, 2.24) is 25.2 Å². The van der Waals surface area contributed by atoms with Crippen molar-refractivity contribution in [3.05, 3.63) is 17.7 Å². The number of carbonyl (C=O) groups is 1. The van der Waals surface area contributed by atoms with Gasteiger partial charge in [0, 0.05) is 25.7 Å². The number of aromatic amines is 1. The van der Waals surface area contributed by atoms with Crippen molar-refractivity contribution in [1.29, 1.82) is 0 Å². The third kappa shape index (κ3) is 3.21. The molecule has 0 spiro atoms. The number of nitrogens with one attached hydrogen (secondary N) is 1. The molecule has 2 aromatic rings. The largest absolute Gasteiger partial charge is 0.496 e. The average Bonchev–Trinajstić information content (AvgIpc) is 2.93. The number of H-pyrrole nitrogens is 1. The van der Waals surface area contributed by atoms with Crippen molar-refractivity contribution in [3.8, 4) is 5.75 Å². The highest BCUT2D eigenvalue weighted by atomic mass is 16.5. The number of likely N-dealkylation sites (tertiary alicyclic amines) is 1. The Hall–Kier alpha value is -2.15. The van der Waals surface area contributed by atoms with Crippen molar-refractivity contribution in [2.45, 2.75) is 32.2 Å². The van der Waals surface area contributed by atoms with Gasteiger partial charge in [-0.3, -0.25) is 9.89 Å². The summed E-state index contributed by atoms with van der Waals surface area (Å²) in [5.41, 5.74) is 1.98. The zero-order chi connectivity index (χ0) is 17.1. The topological polar surface area (TPSA) is 74.4 Å². The van der Waals surface area contributed by atoms with Gasteiger partial charge >= 0.3 is 0 Å². The van der Waals surface area contributed by atoms with Crippen LogP contribution in [0.15, 0.2) is 12.1 Å². The maximum absolute atomic E-state index is 13.1. The van der Waals surface area contributed by atoms with Crippen LogP contribution in [0.25, 0.3) is 11.0 Å². The summed E-state index contributed by atoms with van der Waals surface area (Å²) in [6.45, 7) is 5.24. The van der Waals surface area contributed by atoms with Crippen molar-refractivity contribution in [2.75, 3.05) is 33.8 Å². The molecule has 0 unspecified atom stereocenters. The van der Waals surface area contributed by atoms with Crippen LogP contribution in [-0.2, 0) is 0 Å². The van der Waals surface area contributed by atoms with Crippen LogP contribution < -0.4 is 4.74 Å². The Bertz CT molecular complexity index is 714. The first-order chi connectivity index (χ1) is 11.6. The molecule has 1 atom stereocenters. The molecule has 0 radical (unpaired) electrons. The highest BCUT2D eigenvalue weighted by Gasteiger charge is 2.27. The molecule has 1 aromatic carbocycles. The summed E-state index contributed by atoms with van der Waals surface area (Å²) in [6, 6.07) is 3.76. The molecule has 24 heavy (non-hydrogen) atoms. The van der Waals surface area contributed by atoms with Gasteiger partial charge in [0.25, 0.3) is 5.91 Å². The van der Waals surface area contributed by atoms with E-state index in [4.69, 9.17) is 4.74 Å². The smallest absolute Gasteiger partial charge is 0.257 e. The predicted octanol–water partition coefficient (Wildman–Crippen LogP) is 1.91. The van der Waals surface area contributed by atoms with Crippen LogP contribution in [-0.4, -0.2) is 71.0 Å². The number of carbonyl (C=O) groups excluding carboxylic acids is 1. The van der Waals surface area contributed by atoms with Crippen LogP contribution in [0.4, 0.5) is 0 Å². The summed E-state index contributed by atoms with van der Waals surface area (Å²) >= 11 is 0. The number of benzene rings is 1. The van der Waals surface area contributed by atoms with Crippen LogP contribution >= 0.6 is 0 Å². The minimum absolute atomic E-state index is 0.0219. The summed E-state index contributed by atoms with van der Waals surface area (Å²) in [4.78, 5) is 17.3. The van der Waals surface area contributed by atoms with E-state index >= 15 is 0 Å². The average molecular weight is 331 g/mol. The molecule has 130 valence electrons.